The molecule has 1 aromatic carbocycles. The predicted octanol–water partition coefficient (Wildman–Crippen LogP) is 1.16. The van der Waals surface area contributed by atoms with Crippen LogP contribution < -0.4 is 4.90 Å². The Morgan fingerprint density at radius 1 is 1.21 bits per heavy atom. The first-order valence-corrected chi connectivity index (χ1v) is 6.42. The van der Waals surface area contributed by atoms with E-state index in [1.54, 1.807) is 12.1 Å². The van der Waals surface area contributed by atoms with E-state index in [2.05, 4.69) is 9.80 Å². The van der Waals surface area contributed by atoms with E-state index in [0.29, 0.717) is 6.54 Å². The lowest BCUT2D eigenvalue weighted by Gasteiger charge is -2.35. The summed E-state index contributed by atoms with van der Waals surface area (Å²) >= 11 is 0. The van der Waals surface area contributed by atoms with Crippen molar-refractivity contribution in [3.63, 3.8) is 0 Å². The fourth-order valence-corrected chi connectivity index (χ4v) is 2.27. The van der Waals surface area contributed by atoms with E-state index in [-0.39, 0.29) is 18.2 Å². The first-order chi connectivity index (χ1) is 9.19. The third kappa shape index (κ3) is 4.01. The number of carbonyl (C=O) groups is 1. The lowest BCUT2D eigenvalue weighted by molar-refractivity contribution is -0.123. The Bertz CT molecular complexity index is 414. The molecule has 0 amide bonds. The van der Waals surface area contributed by atoms with E-state index < -0.39 is 0 Å². The molecule has 0 aliphatic carbocycles. The van der Waals surface area contributed by atoms with Gasteiger partial charge in [-0.3, -0.25) is 9.69 Å². The molecule has 0 unspecified atom stereocenters. The summed E-state index contributed by atoms with van der Waals surface area (Å²) in [6.07, 6.45) is 0. The van der Waals surface area contributed by atoms with Crippen molar-refractivity contribution in [2.75, 3.05) is 51.3 Å². The van der Waals surface area contributed by atoms with Crippen molar-refractivity contribution in [3.05, 3.63) is 30.1 Å². The molecule has 5 heteroatoms. The summed E-state index contributed by atoms with van der Waals surface area (Å²) in [6, 6.07) is 6.54. The van der Waals surface area contributed by atoms with Crippen LogP contribution in [0.1, 0.15) is 0 Å². The van der Waals surface area contributed by atoms with Gasteiger partial charge in [-0.25, -0.2) is 4.39 Å². The van der Waals surface area contributed by atoms with Crippen molar-refractivity contribution < 1.29 is 13.9 Å². The van der Waals surface area contributed by atoms with E-state index in [9.17, 15) is 9.18 Å². The van der Waals surface area contributed by atoms with Gasteiger partial charge in [-0.2, -0.15) is 0 Å². The molecule has 4 nitrogen and oxygen atoms in total. The largest absolute Gasteiger partial charge is 0.377 e. The van der Waals surface area contributed by atoms with Crippen LogP contribution in [0.4, 0.5) is 10.1 Å². The van der Waals surface area contributed by atoms with Gasteiger partial charge in [-0.05, 0) is 24.3 Å². The monoisotopic (exact) mass is 266 g/mol. The maximum absolute atomic E-state index is 12.9. The molecule has 1 fully saturated rings. The van der Waals surface area contributed by atoms with Gasteiger partial charge in [0.2, 0.25) is 0 Å². The summed E-state index contributed by atoms with van der Waals surface area (Å²) in [5.74, 6) is -0.106. The van der Waals surface area contributed by atoms with Crippen molar-refractivity contribution >= 4 is 11.5 Å². The van der Waals surface area contributed by atoms with Crippen molar-refractivity contribution in [2.24, 2.45) is 0 Å². The summed E-state index contributed by atoms with van der Waals surface area (Å²) in [6.45, 7) is 4.01. The molecule has 0 radical (unpaired) electrons. The molecule has 1 aliphatic rings. The molecule has 1 heterocycles. The molecule has 1 aliphatic heterocycles. The Kier molecular flexibility index (Phi) is 4.87. The topological polar surface area (TPSA) is 32.8 Å². The molecular weight excluding hydrogens is 247 g/mol. The standard InChI is InChI=1S/C14H19FN2O2/c1-19-11-14(18)10-16-6-8-17(9-7-16)13-4-2-12(15)3-5-13/h2-5H,6-11H2,1H3. The zero-order chi connectivity index (χ0) is 13.7. The minimum atomic E-state index is -0.215. The maximum atomic E-state index is 12.9. The average molecular weight is 266 g/mol. The quantitative estimate of drug-likeness (QED) is 0.801. The van der Waals surface area contributed by atoms with Gasteiger partial charge in [0.05, 0.1) is 6.54 Å². The number of methoxy groups -OCH3 is 1. The van der Waals surface area contributed by atoms with Crippen molar-refractivity contribution in [1.82, 2.24) is 4.90 Å². The van der Waals surface area contributed by atoms with Gasteiger partial charge in [-0.1, -0.05) is 0 Å². The highest BCUT2D eigenvalue weighted by atomic mass is 19.1. The second kappa shape index (κ2) is 6.63. The molecule has 0 spiro atoms. The van der Waals surface area contributed by atoms with Crippen molar-refractivity contribution in [1.29, 1.82) is 0 Å². The first kappa shape index (κ1) is 14.0. The van der Waals surface area contributed by atoms with Crippen LogP contribution in [0.15, 0.2) is 24.3 Å². The predicted molar refractivity (Wildman–Crippen MR) is 71.9 cm³/mol. The number of hydrogen-bond donors (Lipinski definition) is 0. The number of ketones is 1. The second-order valence-corrected chi connectivity index (χ2v) is 4.71. The average Bonchev–Trinajstić information content (AvgIpc) is 2.41. The Balaban J connectivity index is 1.82. The minimum Gasteiger partial charge on any atom is -0.377 e. The third-order valence-electron chi connectivity index (χ3n) is 3.27. The fourth-order valence-electron chi connectivity index (χ4n) is 2.27. The zero-order valence-electron chi connectivity index (χ0n) is 11.1. The molecule has 0 bridgehead atoms. The summed E-state index contributed by atoms with van der Waals surface area (Å²) in [7, 11) is 1.53. The van der Waals surface area contributed by atoms with E-state index >= 15 is 0 Å². The molecule has 1 saturated heterocycles. The molecule has 2 rings (SSSR count). The van der Waals surface area contributed by atoms with Crippen LogP contribution >= 0.6 is 0 Å². The summed E-state index contributed by atoms with van der Waals surface area (Å²) < 4.78 is 17.7. The molecular formula is C14H19FN2O2. The highest BCUT2D eigenvalue weighted by Crippen LogP contribution is 2.16. The SMILES string of the molecule is COCC(=O)CN1CCN(c2ccc(F)cc2)CC1. The first-order valence-electron chi connectivity index (χ1n) is 6.42. The number of carbonyl (C=O) groups excluding carboxylic acids is 1. The highest BCUT2D eigenvalue weighted by Gasteiger charge is 2.18. The number of rotatable bonds is 5. The van der Waals surface area contributed by atoms with Crippen molar-refractivity contribution in [3.8, 4) is 0 Å². The maximum Gasteiger partial charge on any atom is 0.172 e. The highest BCUT2D eigenvalue weighted by molar-refractivity contribution is 5.81. The van der Waals surface area contributed by atoms with Gasteiger partial charge in [0.15, 0.2) is 5.78 Å². The van der Waals surface area contributed by atoms with E-state index in [0.717, 1.165) is 31.9 Å². The van der Waals surface area contributed by atoms with Gasteiger partial charge in [0.1, 0.15) is 12.4 Å². The van der Waals surface area contributed by atoms with Gasteiger partial charge in [0, 0.05) is 39.0 Å². The number of piperazine rings is 1. The molecule has 19 heavy (non-hydrogen) atoms. The van der Waals surface area contributed by atoms with Crippen LogP contribution in [-0.4, -0.2) is 57.1 Å². The van der Waals surface area contributed by atoms with Crippen LogP contribution in [0.5, 0.6) is 0 Å². The summed E-state index contributed by atoms with van der Waals surface area (Å²) in [4.78, 5) is 15.8. The smallest absolute Gasteiger partial charge is 0.172 e. The van der Waals surface area contributed by atoms with E-state index in [1.165, 1.54) is 19.2 Å². The number of anilines is 1. The van der Waals surface area contributed by atoms with Crippen LogP contribution in [0.25, 0.3) is 0 Å². The van der Waals surface area contributed by atoms with Crippen LogP contribution in [0.2, 0.25) is 0 Å². The van der Waals surface area contributed by atoms with Gasteiger partial charge < -0.3 is 9.64 Å². The number of nitrogens with zero attached hydrogens (tertiary/aromatic N) is 2. The Labute approximate surface area is 112 Å². The lowest BCUT2D eigenvalue weighted by Crippen LogP contribution is -2.48. The minimum absolute atomic E-state index is 0.109. The summed E-state index contributed by atoms with van der Waals surface area (Å²) in [5.41, 5.74) is 1.03. The molecule has 0 saturated carbocycles. The molecule has 0 N–H and O–H groups in total. The van der Waals surface area contributed by atoms with E-state index in [4.69, 9.17) is 4.74 Å². The fraction of sp³-hybridized carbons (Fsp3) is 0.500. The molecule has 104 valence electrons. The van der Waals surface area contributed by atoms with Crippen LogP contribution in [0, 0.1) is 5.82 Å². The number of Topliss-reactive ketones (excluding diaryl/α,β-unsaturated/α-hetero) is 1. The number of benzene rings is 1. The summed E-state index contributed by atoms with van der Waals surface area (Å²) in [5, 5.41) is 0. The Hall–Kier alpha value is -1.46. The normalized spacial score (nSPS) is 16.6. The number of hydrogen-bond acceptors (Lipinski definition) is 4. The molecule has 0 atom stereocenters. The van der Waals surface area contributed by atoms with E-state index in [1.807, 2.05) is 0 Å². The number of ether oxygens (including phenoxy) is 1. The van der Waals surface area contributed by atoms with Gasteiger partial charge in [0.25, 0.3) is 0 Å². The number of halogens is 1. The molecule has 1 aromatic rings. The third-order valence-corrected chi connectivity index (χ3v) is 3.27. The van der Waals surface area contributed by atoms with Crippen LogP contribution in [-0.2, 0) is 9.53 Å². The Morgan fingerprint density at radius 2 is 1.84 bits per heavy atom. The molecule has 0 aromatic heterocycles. The zero-order valence-corrected chi connectivity index (χ0v) is 11.1. The van der Waals surface area contributed by atoms with Gasteiger partial charge in [-0.15, -0.1) is 0 Å². The Morgan fingerprint density at radius 3 is 2.42 bits per heavy atom. The second-order valence-electron chi connectivity index (χ2n) is 4.71. The van der Waals surface area contributed by atoms with Gasteiger partial charge >= 0.3 is 0 Å². The lowest BCUT2D eigenvalue weighted by atomic mass is 10.2. The van der Waals surface area contributed by atoms with Crippen LogP contribution in [0.3, 0.4) is 0 Å². The van der Waals surface area contributed by atoms with Crippen molar-refractivity contribution in [2.45, 2.75) is 0 Å².